The van der Waals surface area contributed by atoms with Gasteiger partial charge in [-0.2, -0.15) is 5.26 Å². The Morgan fingerprint density at radius 3 is 2.96 bits per heavy atom. The molecule has 0 radical (unpaired) electrons. The summed E-state index contributed by atoms with van der Waals surface area (Å²) in [6, 6.07) is 8.47. The van der Waals surface area contributed by atoms with Crippen molar-refractivity contribution in [2.24, 2.45) is 0 Å². The van der Waals surface area contributed by atoms with Gasteiger partial charge in [0.15, 0.2) is 16.5 Å². The van der Waals surface area contributed by atoms with Gasteiger partial charge in [0.2, 0.25) is 0 Å². The number of hydrogen-bond acceptors (Lipinski definition) is 6. The molecule has 0 spiro atoms. The van der Waals surface area contributed by atoms with Crippen molar-refractivity contribution >= 4 is 16.3 Å². The lowest BCUT2D eigenvalue weighted by molar-refractivity contribution is 0.266. The molecule has 0 N–H and O–H groups in total. The van der Waals surface area contributed by atoms with E-state index in [1.807, 2.05) is 12.3 Å². The molecule has 2 aromatic heterocycles. The highest BCUT2D eigenvalue weighted by atomic mass is 32.1. The van der Waals surface area contributed by atoms with Crippen LogP contribution in [0.4, 0.5) is 0 Å². The van der Waals surface area contributed by atoms with Crippen molar-refractivity contribution in [3.05, 3.63) is 57.5 Å². The van der Waals surface area contributed by atoms with E-state index in [1.165, 1.54) is 21.8 Å². The summed E-state index contributed by atoms with van der Waals surface area (Å²) in [4.78, 5) is 16.9. The van der Waals surface area contributed by atoms with Crippen LogP contribution in [0.1, 0.15) is 18.2 Å². The highest BCUT2D eigenvalue weighted by molar-refractivity contribution is 7.15. The van der Waals surface area contributed by atoms with Crippen LogP contribution in [0.15, 0.2) is 40.6 Å². The number of thiazole rings is 1. The highest BCUT2D eigenvalue weighted by Crippen LogP contribution is 2.28. The van der Waals surface area contributed by atoms with E-state index in [1.54, 1.807) is 24.4 Å². The average molecular weight is 327 g/mol. The Balaban J connectivity index is 1.84. The van der Waals surface area contributed by atoms with Crippen molar-refractivity contribution in [2.75, 3.05) is 6.61 Å². The van der Waals surface area contributed by atoms with Gasteiger partial charge in [-0.15, -0.1) is 11.3 Å². The molecule has 6 nitrogen and oxygen atoms in total. The summed E-state index contributed by atoms with van der Waals surface area (Å²) in [5.74, 6) is 1.01. The van der Waals surface area contributed by atoms with Gasteiger partial charge in [0.25, 0.3) is 5.56 Å². The number of rotatable bonds is 5. The zero-order chi connectivity index (χ0) is 16.2. The summed E-state index contributed by atoms with van der Waals surface area (Å²) < 4.78 is 12.7. The van der Waals surface area contributed by atoms with Crippen LogP contribution in [0.25, 0.3) is 4.96 Å². The molecule has 3 aromatic rings. The number of fused-ring (bicyclic) bond motifs is 1. The van der Waals surface area contributed by atoms with Crippen molar-refractivity contribution in [3.8, 4) is 17.6 Å². The molecule has 0 aliphatic carbocycles. The summed E-state index contributed by atoms with van der Waals surface area (Å²) in [6.07, 6.45) is 1.69. The molecule has 3 rings (SSSR count). The maximum atomic E-state index is 11.9. The zero-order valence-corrected chi connectivity index (χ0v) is 13.2. The van der Waals surface area contributed by atoms with E-state index in [-0.39, 0.29) is 12.2 Å². The summed E-state index contributed by atoms with van der Waals surface area (Å²) in [5.41, 5.74) is 0.904. The number of nitriles is 1. The Kier molecular flexibility index (Phi) is 4.26. The molecule has 7 heteroatoms. The second-order valence-corrected chi connectivity index (χ2v) is 5.51. The highest BCUT2D eigenvalue weighted by Gasteiger charge is 2.09. The third-order valence-electron chi connectivity index (χ3n) is 3.10. The summed E-state index contributed by atoms with van der Waals surface area (Å²) in [5, 5.41) is 10.8. The van der Waals surface area contributed by atoms with Crippen molar-refractivity contribution < 1.29 is 9.47 Å². The lowest BCUT2D eigenvalue weighted by Crippen LogP contribution is -2.14. The molecule has 0 fully saturated rings. The lowest BCUT2D eigenvalue weighted by atomic mass is 10.2. The Labute approximate surface area is 136 Å². The van der Waals surface area contributed by atoms with E-state index in [0.717, 1.165) is 0 Å². The third kappa shape index (κ3) is 3.17. The second kappa shape index (κ2) is 6.50. The fourth-order valence-corrected chi connectivity index (χ4v) is 2.82. The molecule has 23 heavy (non-hydrogen) atoms. The fraction of sp³-hybridized carbons (Fsp3) is 0.188. The Bertz CT molecular complexity index is 940. The van der Waals surface area contributed by atoms with Crippen molar-refractivity contribution in [1.82, 2.24) is 9.38 Å². The largest absolute Gasteiger partial charge is 0.490 e. The molecule has 0 unspecified atom stereocenters. The molecule has 2 heterocycles. The first kappa shape index (κ1) is 15.1. The van der Waals surface area contributed by atoms with Crippen LogP contribution >= 0.6 is 11.3 Å². The van der Waals surface area contributed by atoms with E-state index in [0.29, 0.717) is 34.3 Å². The van der Waals surface area contributed by atoms with Crippen LogP contribution in [-0.4, -0.2) is 16.0 Å². The van der Waals surface area contributed by atoms with E-state index in [4.69, 9.17) is 14.7 Å². The Hall–Kier alpha value is -2.85. The van der Waals surface area contributed by atoms with Gasteiger partial charge in [-0.3, -0.25) is 9.20 Å². The van der Waals surface area contributed by atoms with Crippen LogP contribution in [-0.2, 0) is 6.61 Å². The average Bonchev–Trinajstić information content (AvgIpc) is 3.03. The van der Waals surface area contributed by atoms with E-state index >= 15 is 0 Å². The number of benzene rings is 1. The first-order valence-corrected chi connectivity index (χ1v) is 7.84. The fourth-order valence-electron chi connectivity index (χ4n) is 2.08. The monoisotopic (exact) mass is 327 g/mol. The van der Waals surface area contributed by atoms with Crippen LogP contribution in [0.2, 0.25) is 0 Å². The predicted octanol–water partition coefficient (Wildman–Crippen LogP) is 2.61. The number of hydrogen-bond donors (Lipinski definition) is 0. The minimum Gasteiger partial charge on any atom is -0.490 e. The summed E-state index contributed by atoms with van der Waals surface area (Å²) in [7, 11) is 0. The quantitative estimate of drug-likeness (QED) is 0.720. The van der Waals surface area contributed by atoms with Gasteiger partial charge >= 0.3 is 0 Å². The molecule has 0 aliphatic rings. The normalized spacial score (nSPS) is 10.4. The maximum Gasteiger partial charge on any atom is 0.258 e. The minimum absolute atomic E-state index is 0.139. The standard InChI is InChI=1S/C16H13N3O3S/c1-2-21-14-7-11(9-17)3-4-13(14)22-10-12-8-15(20)19-5-6-23-16(19)18-12/h3-8H,2,10H2,1H3. The van der Waals surface area contributed by atoms with Crippen molar-refractivity contribution in [3.63, 3.8) is 0 Å². The van der Waals surface area contributed by atoms with Crippen LogP contribution in [0.5, 0.6) is 11.5 Å². The van der Waals surface area contributed by atoms with E-state index in [9.17, 15) is 4.79 Å². The molecule has 1 aromatic carbocycles. The van der Waals surface area contributed by atoms with Gasteiger partial charge < -0.3 is 9.47 Å². The predicted molar refractivity (Wildman–Crippen MR) is 86.0 cm³/mol. The van der Waals surface area contributed by atoms with E-state index in [2.05, 4.69) is 11.1 Å². The van der Waals surface area contributed by atoms with Crippen molar-refractivity contribution in [2.45, 2.75) is 13.5 Å². The third-order valence-corrected chi connectivity index (χ3v) is 3.86. The zero-order valence-electron chi connectivity index (χ0n) is 12.4. The van der Waals surface area contributed by atoms with Crippen LogP contribution < -0.4 is 15.0 Å². The van der Waals surface area contributed by atoms with Gasteiger partial charge in [0.05, 0.1) is 23.9 Å². The van der Waals surface area contributed by atoms with Crippen molar-refractivity contribution in [1.29, 1.82) is 5.26 Å². The summed E-state index contributed by atoms with van der Waals surface area (Å²) >= 11 is 1.39. The molecule has 0 bridgehead atoms. The number of nitrogens with zero attached hydrogens (tertiary/aromatic N) is 3. The molecule has 0 amide bonds. The number of ether oxygens (including phenoxy) is 2. The molecule has 0 saturated carbocycles. The smallest absolute Gasteiger partial charge is 0.258 e. The van der Waals surface area contributed by atoms with Crippen LogP contribution in [0, 0.1) is 11.3 Å². The van der Waals surface area contributed by atoms with Gasteiger partial charge in [-0.25, -0.2) is 4.98 Å². The van der Waals surface area contributed by atoms with Gasteiger partial charge in [0.1, 0.15) is 6.61 Å². The Morgan fingerprint density at radius 1 is 1.30 bits per heavy atom. The minimum atomic E-state index is -0.139. The molecular weight excluding hydrogens is 314 g/mol. The first-order valence-electron chi connectivity index (χ1n) is 6.97. The lowest BCUT2D eigenvalue weighted by Gasteiger charge is -2.11. The molecule has 0 aliphatic heterocycles. The van der Waals surface area contributed by atoms with Gasteiger partial charge in [-0.05, 0) is 19.1 Å². The van der Waals surface area contributed by atoms with Crippen LogP contribution in [0.3, 0.4) is 0 Å². The Morgan fingerprint density at radius 2 is 2.17 bits per heavy atom. The summed E-state index contributed by atoms with van der Waals surface area (Å²) in [6.45, 7) is 2.47. The molecule has 0 atom stereocenters. The van der Waals surface area contributed by atoms with Gasteiger partial charge in [0, 0.05) is 23.7 Å². The molecular formula is C16H13N3O3S. The topological polar surface area (TPSA) is 76.6 Å². The first-order chi connectivity index (χ1) is 11.2. The maximum absolute atomic E-state index is 11.9. The molecule has 116 valence electrons. The van der Waals surface area contributed by atoms with E-state index < -0.39 is 0 Å². The van der Waals surface area contributed by atoms with Gasteiger partial charge in [-0.1, -0.05) is 0 Å². The number of aromatic nitrogens is 2. The molecule has 0 saturated heterocycles. The second-order valence-electron chi connectivity index (χ2n) is 4.64. The SMILES string of the molecule is CCOc1cc(C#N)ccc1OCc1cc(=O)n2ccsc2n1.